The van der Waals surface area contributed by atoms with Crippen molar-refractivity contribution in [3.8, 4) is 17.2 Å². The molecule has 0 aliphatic carbocycles. The highest BCUT2D eigenvalue weighted by molar-refractivity contribution is 14.0. The van der Waals surface area contributed by atoms with Gasteiger partial charge in [0.15, 0.2) is 17.5 Å². The van der Waals surface area contributed by atoms with Crippen LogP contribution in [0, 0.1) is 0 Å². The van der Waals surface area contributed by atoms with Gasteiger partial charge in [-0.25, -0.2) is 0 Å². The molecular weight excluding hydrogens is 507 g/mol. The summed E-state index contributed by atoms with van der Waals surface area (Å²) in [5, 5.41) is 6.57. The van der Waals surface area contributed by atoms with Gasteiger partial charge >= 0.3 is 0 Å². The molecule has 172 valence electrons. The second-order valence-electron chi connectivity index (χ2n) is 6.64. The second-order valence-corrected chi connectivity index (χ2v) is 6.64. The van der Waals surface area contributed by atoms with Crippen LogP contribution in [0.15, 0.2) is 47.5 Å². The number of methoxy groups -OCH3 is 2. The largest absolute Gasteiger partial charge is 0.493 e. The van der Waals surface area contributed by atoms with Crippen molar-refractivity contribution in [2.75, 3.05) is 52.8 Å². The standard InChI is InChI=1S/C23H34N4O3.HI/c1-6-27(7-2)14-15-30-20-11-8-18(9-12-20)17-25-23(24-3)26-19-10-13-21(28-4)22(16-19)29-5;/h8-13,16H,6-7,14-15,17H2,1-5H3,(H2,24,25,26);1H. The van der Waals surface area contributed by atoms with Crippen LogP contribution in [-0.2, 0) is 6.54 Å². The van der Waals surface area contributed by atoms with Crippen molar-refractivity contribution in [3.05, 3.63) is 48.0 Å². The maximum Gasteiger partial charge on any atom is 0.195 e. The normalized spacial score (nSPS) is 11.0. The Morgan fingerprint density at radius 1 is 0.968 bits per heavy atom. The molecule has 31 heavy (non-hydrogen) atoms. The van der Waals surface area contributed by atoms with E-state index in [0.717, 1.165) is 36.6 Å². The van der Waals surface area contributed by atoms with Crippen molar-refractivity contribution < 1.29 is 14.2 Å². The lowest BCUT2D eigenvalue weighted by molar-refractivity contribution is 0.223. The highest BCUT2D eigenvalue weighted by Crippen LogP contribution is 2.29. The van der Waals surface area contributed by atoms with Crippen LogP contribution in [0.1, 0.15) is 19.4 Å². The molecule has 0 aliphatic rings. The molecule has 2 aromatic rings. The summed E-state index contributed by atoms with van der Waals surface area (Å²) >= 11 is 0. The minimum atomic E-state index is 0. The van der Waals surface area contributed by atoms with E-state index >= 15 is 0 Å². The monoisotopic (exact) mass is 542 g/mol. The summed E-state index contributed by atoms with van der Waals surface area (Å²) in [4.78, 5) is 6.62. The molecular formula is C23H35IN4O3. The summed E-state index contributed by atoms with van der Waals surface area (Å²) in [5.41, 5.74) is 2.00. The van der Waals surface area contributed by atoms with Crippen LogP contribution < -0.4 is 24.8 Å². The summed E-state index contributed by atoms with van der Waals surface area (Å²) in [6, 6.07) is 13.8. The van der Waals surface area contributed by atoms with Crippen molar-refractivity contribution in [1.29, 1.82) is 0 Å². The molecule has 0 radical (unpaired) electrons. The predicted octanol–water partition coefficient (Wildman–Crippen LogP) is 4.23. The zero-order valence-electron chi connectivity index (χ0n) is 19.1. The third kappa shape index (κ3) is 8.82. The van der Waals surface area contributed by atoms with E-state index in [4.69, 9.17) is 14.2 Å². The summed E-state index contributed by atoms with van der Waals surface area (Å²) in [6.45, 7) is 8.70. The molecule has 0 aliphatic heterocycles. The summed E-state index contributed by atoms with van der Waals surface area (Å²) in [7, 11) is 4.97. The number of nitrogens with one attached hydrogen (secondary N) is 2. The zero-order valence-corrected chi connectivity index (χ0v) is 21.4. The summed E-state index contributed by atoms with van der Waals surface area (Å²) in [6.07, 6.45) is 0. The van der Waals surface area contributed by atoms with Crippen molar-refractivity contribution in [1.82, 2.24) is 10.2 Å². The van der Waals surface area contributed by atoms with Gasteiger partial charge in [-0.3, -0.25) is 4.99 Å². The van der Waals surface area contributed by atoms with Crippen molar-refractivity contribution >= 4 is 35.6 Å². The molecule has 8 heteroatoms. The molecule has 0 fully saturated rings. The second kappa shape index (κ2) is 14.7. The van der Waals surface area contributed by atoms with Crippen molar-refractivity contribution in [3.63, 3.8) is 0 Å². The van der Waals surface area contributed by atoms with Gasteiger partial charge in [0.25, 0.3) is 0 Å². The number of likely N-dealkylation sites (N-methyl/N-ethyl adjacent to an activating group) is 1. The predicted molar refractivity (Wildman–Crippen MR) is 139 cm³/mol. The Hall–Kier alpha value is -2.20. The van der Waals surface area contributed by atoms with Crippen LogP contribution in [0.3, 0.4) is 0 Å². The fourth-order valence-corrected chi connectivity index (χ4v) is 2.95. The smallest absolute Gasteiger partial charge is 0.195 e. The highest BCUT2D eigenvalue weighted by atomic mass is 127. The van der Waals surface area contributed by atoms with Crippen LogP contribution in [0.25, 0.3) is 0 Å². The quantitative estimate of drug-likeness (QED) is 0.252. The molecule has 0 atom stereocenters. The number of ether oxygens (including phenoxy) is 3. The summed E-state index contributed by atoms with van der Waals surface area (Å²) in [5.74, 6) is 2.90. The van der Waals surface area contributed by atoms with E-state index in [1.54, 1.807) is 21.3 Å². The molecule has 2 aromatic carbocycles. The summed E-state index contributed by atoms with van der Waals surface area (Å²) < 4.78 is 16.5. The van der Waals surface area contributed by atoms with Gasteiger partial charge in [-0.2, -0.15) is 0 Å². The Bertz CT molecular complexity index is 796. The average Bonchev–Trinajstić information content (AvgIpc) is 2.80. The first-order valence-corrected chi connectivity index (χ1v) is 10.3. The number of anilines is 1. The molecule has 7 nitrogen and oxygen atoms in total. The molecule has 0 unspecified atom stereocenters. The maximum absolute atomic E-state index is 5.84. The number of nitrogens with zero attached hydrogens (tertiary/aromatic N) is 2. The number of guanidine groups is 1. The lowest BCUT2D eigenvalue weighted by Gasteiger charge is -2.18. The Morgan fingerprint density at radius 3 is 2.23 bits per heavy atom. The topological polar surface area (TPSA) is 67.4 Å². The number of hydrogen-bond donors (Lipinski definition) is 2. The molecule has 0 heterocycles. The number of hydrogen-bond acceptors (Lipinski definition) is 5. The van der Waals surface area contributed by atoms with Gasteiger partial charge in [0.05, 0.1) is 14.2 Å². The van der Waals surface area contributed by atoms with Gasteiger partial charge < -0.3 is 29.7 Å². The molecule has 0 spiro atoms. The van der Waals surface area contributed by atoms with Crippen LogP contribution in [-0.4, -0.2) is 58.4 Å². The fourth-order valence-electron chi connectivity index (χ4n) is 2.95. The SMILES string of the molecule is CCN(CC)CCOc1ccc(CNC(=NC)Nc2ccc(OC)c(OC)c2)cc1.I. The molecule has 0 saturated heterocycles. The first-order chi connectivity index (χ1) is 14.6. The number of halogens is 1. The first kappa shape index (κ1) is 26.8. The molecule has 0 aromatic heterocycles. The zero-order chi connectivity index (χ0) is 21.8. The molecule has 0 saturated carbocycles. The highest BCUT2D eigenvalue weighted by Gasteiger charge is 2.06. The Labute approximate surface area is 203 Å². The lowest BCUT2D eigenvalue weighted by Crippen LogP contribution is -2.30. The first-order valence-electron chi connectivity index (χ1n) is 10.3. The van der Waals surface area contributed by atoms with Gasteiger partial charge in [-0.05, 0) is 42.9 Å². The van der Waals surface area contributed by atoms with Crippen molar-refractivity contribution in [2.45, 2.75) is 20.4 Å². The minimum absolute atomic E-state index is 0. The molecule has 2 N–H and O–H groups in total. The van der Waals surface area contributed by atoms with Crippen LogP contribution >= 0.6 is 24.0 Å². The van der Waals surface area contributed by atoms with E-state index in [9.17, 15) is 0 Å². The third-order valence-electron chi connectivity index (χ3n) is 4.82. The van der Waals surface area contributed by atoms with Gasteiger partial charge in [-0.1, -0.05) is 26.0 Å². The van der Waals surface area contributed by atoms with E-state index in [1.165, 1.54) is 0 Å². The van der Waals surface area contributed by atoms with Crippen molar-refractivity contribution in [2.24, 2.45) is 4.99 Å². The van der Waals surface area contributed by atoms with E-state index in [-0.39, 0.29) is 24.0 Å². The third-order valence-corrected chi connectivity index (χ3v) is 4.82. The van der Waals surface area contributed by atoms with E-state index in [0.29, 0.717) is 30.6 Å². The van der Waals surface area contributed by atoms with E-state index in [2.05, 4.69) is 46.5 Å². The van der Waals surface area contributed by atoms with E-state index in [1.807, 2.05) is 30.3 Å². The van der Waals surface area contributed by atoms with Crippen LogP contribution in [0.5, 0.6) is 17.2 Å². The van der Waals surface area contributed by atoms with Gasteiger partial charge in [0.1, 0.15) is 12.4 Å². The molecule has 2 rings (SSSR count). The van der Waals surface area contributed by atoms with Gasteiger partial charge in [-0.15, -0.1) is 24.0 Å². The lowest BCUT2D eigenvalue weighted by atomic mass is 10.2. The van der Waals surface area contributed by atoms with E-state index < -0.39 is 0 Å². The Kier molecular flexibility index (Phi) is 12.8. The molecule has 0 bridgehead atoms. The number of benzene rings is 2. The van der Waals surface area contributed by atoms with Crippen LogP contribution in [0.2, 0.25) is 0 Å². The van der Waals surface area contributed by atoms with Gasteiger partial charge in [0.2, 0.25) is 0 Å². The van der Waals surface area contributed by atoms with Crippen LogP contribution in [0.4, 0.5) is 5.69 Å². The number of rotatable bonds is 11. The maximum atomic E-state index is 5.84. The fraction of sp³-hybridized carbons (Fsp3) is 0.435. The molecule has 0 amide bonds. The number of aliphatic imine (C=N–C) groups is 1. The van der Waals surface area contributed by atoms with Gasteiger partial charge in [0, 0.05) is 31.9 Å². The minimum Gasteiger partial charge on any atom is -0.493 e. The Morgan fingerprint density at radius 2 is 1.65 bits per heavy atom. The Balaban J connectivity index is 0.00000480. The average molecular weight is 542 g/mol.